The number of aromatic nitrogens is 1. The first-order chi connectivity index (χ1) is 10.3. The van der Waals surface area contributed by atoms with Crippen LogP contribution in [0.2, 0.25) is 0 Å². The van der Waals surface area contributed by atoms with Crippen molar-refractivity contribution in [2.45, 2.75) is 44.7 Å². The highest BCUT2D eigenvalue weighted by Gasteiger charge is 2.34. The lowest BCUT2D eigenvalue weighted by atomic mass is 10.2. The first-order valence-electron chi connectivity index (χ1n) is 8.02. The Morgan fingerprint density at radius 3 is 3.00 bits per heavy atom. The molecule has 1 aromatic rings. The molecule has 2 aliphatic rings. The van der Waals surface area contributed by atoms with E-state index in [1.165, 1.54) is 12.8 Å². The smallest absolute Gasteiger partial charge is 0.270 e. The van der Waals surface area contributed by atoms with Crippen LogP contribution in [0.25, 0.3) is 0 Å². The Morgan fingerprint density at radius 2 is 2.24 bits per heavy atom. The van der Waals surface area contributed by atoms with E-state index in [1.54, 1.807) is 6.07 Å². The van der Waals surface area contributed by atoms with Gasteiger partial charge < -0.3 is 10.6 Å². The molecule has 0 aromatic carbocycles. The highest BCUT2D eigenvalue weighted by Crippen LogP contribution is 2.29. The van der Waals surface area contributed by atoms with Crippen molar-refractivity contribution in [3.05, 3.63) is 23.9 Å². The maximum absolute atomic E-state index is 12.3. The molecule has 5 nitrogen and oxygen atoms in total. The molecule has 21 heavy (non-hydrogen) atoms. The van der Waals surface area contributed by atoms with Gasteiger partial charge >= 0.3 is 0 Å². The molecule has 2 N–H and O–H groups in total. The second-order valence-corrected chi connectivity index (χ2v) is 6.02. The summed E-state index contributed by atoms with van der Waals surface area (Å²) in [6.07, 6.45) is 4.74. The number of likely N-dealkylation sites (tertiary alicyclic amines) is 1. The molecule has 0 radical (unpaired) electrons. The van der Waals surface area contributed by atoms with Crippen LogP contribution in [0, 0.1) is 0 Å². The molecule has 5 heteroatoms. The molecular formula is C16H24N4O. The molecular weight excluding hydrogens is 264 g/mol. The fourth-order valence-corrected chi connectivity index (χ4v) is 2.85. The van der Waals surface area contributed by atoms with E-state index in [0.29, 0.717) is 5.69 Å². The number of anilines is 1. The number of carbonyl (C=O) groups is 1. The third kappa shape index (κ3) is 3.73. The normalized spacial score (nSPS) is 22.2. The molecule has 0 bridgehead atoms. The lowest BCUT2D eigenvalue weighted by Crippen LogP contribution is -2.37. The Morgan fingerprint density at radius 1 is 1.38 bits per heavy atom. The van der Waals surface area contributed by atoms with E-state index in [0.717, 1.165) is 44.3 Å². The van der Waals surface area contributed by atoms with E-state index >= 15 is 0 Å². The van der Waals surface area contributed by atoms with E-state index in [2.05, 4.69) is 27.4 Å². The van der Waals surface area contributed by atoms with Crippen molar-refractivity contribution >= 4 is 11.7 Å². The lowest BCUT2D eigenvalue weighted by molar-refractivity contribution is 0.0932. The van der Waals surface area contributed by atoms with Crippen LogP contribution in [-0.4, -0.2) is 47.5 Å². The summed E-state index contributed by atoms with van der Waals surface area (Å²) in [5.41, 5.74) is 0.501. The molecule has 3 rings (SSSR count). The molecule has 1 aliphatic carbocycles. The summed E-state index contributed by atoms with van der Waals surface area (Å²) in [5, 5.41) is 6.33. The predicted octanol–water partition coefficient (Wildman–Crippen LogP) is 1.87. The molecule has 0 spiro atoms. The average Bonchev–Trinajstić information content (AvgIpc) is 3.26. The minimum Gasteiger partial charge on any atom is -0.370 e. The number of hydrogen-bond acceptors (Lipinski definition) is 4. The molecule has 1 saturated heterocycles. The second-order valence-electron chi connectivity index (χ2n) is 6.02. The topological polar surface area (TPSA) is 57.3 Å². The Bertz CT molecular complexity index is 501. The summed E-state index contributed by atoms with van der Waals surface area (Å²) < 4.78 is 0. The largest absolute Gasteiger partial charge is 0.370 e. The van der Waals surface area contributed by atoms with Gasteiger partial charge in [0.05, 0.1) is 0 Å². The van der Waals surface area contributed by atoms with Crippen LogP contribution in [0.15, 0.2) is 18.2 Å². The standard InChI is InChI=1S/C16H24N4O/c1-2-9-17-15-5-3-4-14(19-15)16(21)18-12-8-10-20(11-12)13-6-7-13/h3-5,12-13H,2,6-11H2,1H3,(H,17,19)(H,18,21). The summed E-state index contributed by atoms with van der Waals surface area (Å²) >= 11 is 0. The van der Waals surface area contributed by atoms with Gasteiger partial charge in [0.15, 0.2) is 0 Å². The summed E-state index contributed by atoms with van der Waals surface area (Å²) in [6.45, 7) is 5.08. The van der Waals surface area contributed by atoms with Crippen LogP contribution in [0.3, 0.4) is 0 Å². The van der Waals surface area contributed by atoms with Gasteiger partial charge in [-0.1, -0.05) is 13.0 Å². The predicted molar refractivity (Wildman–Crippen MR) is 83.5 cm³/mol. The molecule has 1 unspecified atom stereocenters. The van der Waals surface area contributed by atoms with Crippen LogP contribution < -0.4 is 10.6 Å². The van der Waals surface area contributed by atoms with Crippen LogP contribution in [0.1, 0.15) is 43.1 Å². The fraction of sp³-hybridized carbons (Fsp3) is 0.625. The number of amides is 1. The second kappa shape index (κ2) is 6.43. The third-order valence-electron chi connectivity index (χ3n) is 4.16. The number of hydrogen-bond donors (Lipinski definition) is 2. The number of carbonyl (C=O) groups excluding carboxylic acids is 1. The van der Waals surface area contributed by atoms with Crippen molar-refractivity contribution < 1.29 is 4.79 Å². The molecule has 1 aromatic heterocycles. The van der Waals surface area contributed by atoms with Crippen molar-refractivity contribution in [3.8, 4) is 0 Å². The van der Waals surface area contributed by atoms with Crippen molar-refractivity contribution in [1.82, 2.24) is 15.2 Å². The van der Waals surface area contributed by atoms with Gasteiger partial charge in [0.25, 0.3) is 5.91 Å². The van der Waals surface area contributed by atoms with Gasteiger partial charge in [-0.3, -0.25) is 9.69 Å². The quantitative estimate of drug-likeness (QED) is 0.839. The lowest BCUT2D eigenvalue weighted by Gasteiger charge is -2.15. The molecule has 1 amide bonds. The molecule has 2 heterocycles. The summed E-state index contributed by atoms with van der Waals surface area (Å²) in [5.74, 6) is 0.716. The van der Waals surface area contributed by atoms with Gasteiger partial charge in [0.1, 0.15) is 11.5 Å². The van der Waals surface area contributed by atoms with E-state index in [-0.39, 0.29) is 11.9 Å². The Hall–Kier alpha value is -1.62. The molecule has 1 atom stereocenters. The first-order valence-corrected chi connectivity index (χ1v) is 8.02. The maximum Gasteiger partial charge on any atom is 0.270 e. The van der Waals surface area contributed by atoms with Gasteiger partial charge in [-0.15, -0.1) is 0 Å². The minimum absolute atomic E-state index is 0.0576. The molecule has 2 fully saturated rings. The monoisotopic (exact) mass is 288 g/mol. The van der Waals surface area contributed by atoms with Gasteiger partial charge in [0, 0.05) is 31.7 Å². The van der Waals surface area contributed by atoms with Gasteiger partial charge in [-0.05, 0) is 37.8 Å². The van der Waals surface area contributed by atoms with Crippen molar-refractivity contribution in [3.63, 3.8) is 0 Å². The molecule has 114 valence electrons. The van der Waals surface area contributed by atoms with Crippen molar-refractivity contribution in [2.24, 2.45) is 0 Å². The Kier molecular flexibility index (Phi) is 4.39. The highest BCUT2D eigenvalue weighted by molar-refractivity contribution is 5.92. The van der Waals surface area contributed by atoms with Crippen LogP contribution in [-0.2, 0) is 0 Å². The van der Waals surface area contributed by atoms with Crippen LogP contribution in [0.4, 0.5) is 5.82 Å². The van der Waals surface area contributed by atoms with E-state index in [9.17, 15) is 4.79 Å². The maximum atomic E-state index is 12.3. The van der Waals surface area contributed by atoms with Gasteiger partial charge in [0.2, 0.25) is 0 Å². The number of nitrogens with one attached hydrogen (secondary N) is 2. The van der Waals surface area contributed by atoms with Crippen molar-refractivity contribution in [1.29, 1.82) is 0 Å². The summed E-state index contributed by atoms with van der Waals surface area (Å²) in [6, 6.07) is 6.61. The van der Waals surface area contributed by atoms with Gasteiger partial charge in [-0.25, -0.2) is 4.98 Å². The Balaban J connectivity index is 1.55. The molecule has 1 saturated carbocycles. The van der Waals surface area contributed by atoms with E-state index in [1.807, 2.05) is 12.1 Å². The zero-order valence-electron chi connectivity index (χ0n) is 12.6. The summed E-state index contributed by atoms with van der Waals surface area (Å²) in [4.78, 5) is 19.2. The zero-order valence-corrected chi connectivity index (χ0v) is 12.6. The van der Waals surface area contributed by atoms with Crippen LogP contribution in [0.5, 0.6) is 0 Å². The SMILES string of the molecule is CCCNc1cccc(C(=O)NC2CCN(C3CC3)C2)n1. The minimum atomic E-state index is -0.0576. The van der Waals surface area contributed by atoms with E-state index < -0.39 is 0 Å². The third-order valence-corrected chi connectivity index (χ3v) is 4.16. The number of nitrogens with zero attached hydrogens (tertiary/aromatic N) is 2. The highest BCUT2D eigenvalue weighted by atomic mass is 16.2. The van der Waals surface area contributed by atoms with Crippen molar-refractivity contribution in [2.75, 3.05) is 25.0 Å². The summed E-state index contributed by atoms with van der Waals surface area (Å²) in [7, 11) is 0. The fourth-order valence-electron chi connectivity index (χ4n) is 2.85. The number of pyridine rings is 1. The van der Waals surface area contributed by atoms with Gasteiger partial charge in [-0.2, -0.15) is 0 Å². The average molecular weight is 288 g/mol. The van der Waals surface area contributed by atoms with Crippen LogP contribution >= 0.6 is 0 Å². The van der Waals surface area contributed by atoms with E-state index in [4.69, 9.17) is 0 Å². The Labute approximate surface area is 126 Å². The first kappa shape index (κ1) is 14.3. The molecule has 1 aliphatic heterocycles. The zero-order chi connectivity index (χ0) is 14.7. The number of rotatable bonds is 6.